The zero-order chi connectivity index (χ0) is 18.0. The van der Waals surface area contributed by atoms with E-state index in [1.807, 2.05) is 19.1 Å². The highest BCUT2D eigenvalue weighted by Gasteiger charge is 2.35. The first-order valence-electron chi connectivity index (χ1n) is 7.75. The Bertz CT molecular complexity index is 830. The lowest BCUT2D eigenvalue weighted by Gasteiger charge is -2.27. The van der Waals surface area contributed by atoms with E-state index in [4.69, 9.17) is 14.2 Å². The van der Waals surface area contributed by atoms with Crippen molar-refractivity contribution in [3.63, 3.8) is 0 Å². The first-order valence-corrected chi connectivity index (χ1v) is 7.75. The number of nitrogens with zero attached hydrogens (tertiary/aromatic N) is 4. The van der Waals surface area contributed by atoms with Gasteiger partial charge in [-0.2, -0.15) is 4.68 Å². The molecule has 0 bridgehead atoms. The number of esters is 1. The molecule has 1 atom stereocenters. The van der Waals surface area contributed by atoms with Crippen LogP contribution in [0.1, 0.15) is 25.5 Å². The van der Waals surface area contributed by atoms with E-state index in [1.165, 1.54) is 11.8 Å². The Kier molecular flexibility index (Phi) is 4.55. The molecule has 25 heavy (non-hydrogen) atoms. The van der Waals surface area contributed by atoms with Crippen LogP contribution in [0.4, 0.5) is 5.95 Å². The summed E-state index contributed by atoms with van der Waals surface area (Å²) in [7, 11) is 2.92. The van der Waals surface area contributed by atoms with Gasteiger partial charge in [0, 0.05) is 5.70 Å². The lowest BCUT2D eigenvalue weighted by atomic mass is 9.95. The van der Waals surface area contributed by atoms with E-state index in [0.717, 1.165) is 5.56 Å². The number of tetrazole rings is 1. The maximum Gasteiger partial charge on any atom is 0.338 e. The summed E-state index contributed by atoms with van der Waals surface area (Å²) in [6.45, 7) is 4.16. The zero-order valence-electron chi connectivity index (χ0n) is 14.4. The van der Waals surface area contributed by atoms with Crippen LogP contribution < -0.4 is 14.8 Å². The Morgan fingerprint density at radius 2 is 2.12 bits per heavy atom. The summed E-state index contributed by atoms with van der Waals surface area (Å²) in [4.78, 5) is 12.4. The van der Waals surface area contributed by atoms with Gasteiger partial charge in [0.05, 0.1) is 26.4 Å². The van der Waals surface area contributed by atoms with Crippen LogP contribution in [-0.4, -0.2) is 47.0 Å². The van der Waals surface area contributed by atoms with Crippen molar-refractivity contribution < 1.29 is 19.0 Å². The minimum absolute atomic E-state index is 0.426. The van der Waals surface area contributed by atoms with Gasteiger partial charge in [0.15, 0.2) is 11.5 Å². The van der Waals surface area contributed by atoms with Gasteiger partial charge in [-0.1, -0.05) is 11.2 Å². The van der Waals surface area contributed by atoms with Gasteiger partial charge in [-0.05, 0) is 42.0 Å². The number of hydrogen-bond donors (Lipinski definition) is 1. The number of nitrogens with one attached hydrogen (secondary N) is 1. The van der Waals surface area contributed by atoms with Crippen molar-refractivity contribution >= 4 is 11.9 Å². The van der Waals surface area contributed by atoms with Crippen LogP contribution in [0.25, 0.3) is 0 Å². The molecule has 1 aromatic heterocycles. The number of ether oxygens (including phenoxy) is 3. The largest absolute Gasteiger partial charge is 0.493 e. The van der Waals surface area contributed by atoms with Gasteiger partial charge >= 0.3 is 5.97 Å². The number of fused-ring (bicyclic) bond motifs is 1. The normalized spacial score (nSPS) is 16.1. The average molecular weight is 345 g/mol. The molecule has 2 aromatic rings. The fourth-order valence-electron chi connectivity index (χ4n) is 2.83. The van der Waals surface area contributed by atoms with E-state index in [9.17, 15) is 4.79 Å². The molecular weight excluding hydrogens is 326 g/mol. The number of carbonyl (C=O) groups is 1. The van der Waals surface area contributed by atoms with Crippen molar-refractivity contribution in [2.24, 2.45) is 0 Å². The number of benzene rings is 1. The van der Waals surface area contributed by atoms with Gasteiger partial charge in [0.2, 0.25) is 5.95 Å². The number of methoxy groups -OCH3 is 2. The van der Waals surface area contributed by atoms with E-state index in [0.29, 0.717) is 35.3 Å². The molecule has 1 aromatic carbocycles. The highest BCUT2D eigenvalue weighted by molar-refractivity contribution is 5.92. The van der Waals surface area contributed by atoms with Gasteiger partial charge < -0.3 is 19.5 Å². The molecule has 9 heteroatoms. The number of allylic oxidation sites excluding steroid dienone is 1. The summed E-state index contributed by atoms with van der Waals surface area (Å²) in [6, 6.07) is 4.92. The standard InChI is InChI=1S/C16H19N5O4/c1-5-25-12-8-10(6-7-11(12)23-3)14-13(15(22)24-4)9(2)17-16-18-19-20-21(14)16/h6-8,14H,5H2,1-4H3,(H,17,18,20). The molecule has 0 radical (unpaired) electrons. The lowest BCUT2D eigenvalue weighted by Crippen LogP contribution is -2.29. The Balaban J connectivity index is 2.16. The van der Waals surface area contributed by atoms with Gasteiger partial charge in [-0.3, -0.25) is 0 Å². The molecule has 2 heterocycles. The first kappa shape index (κ1) is 16.7. The van der Waals surface area contributed by atoms with Crippen LogP contribution in [0.2, 0.25) is 0 Å². The second-order valence-electron chi connectivity index (χ2n) is 5.35. The van der Waals surface area contributed by atoms with Crippen LogP contribution in [-0.2, 0) is 9.53 Å². The molecule has 0 fully saturated rings. The molecule has 0 spiro atoms. The summed E-state index contributed by atoms with van der Waals surface area (Å²) >= 11 is 0. The highest BCUT2D eigenvalue weighted by atomic mass is 16.5. The Hall–Kier alpha value is -3.10. The maximum atomic E-state index is 12.4. The van der Waals surface area contributed by atoms with Crippen LogP contribution >= 0.6 is 0 Å². The van der Waals surface area contributed by atoms with Crippen LogP contribution in [0.15, 0.2) is 29.5 Å². The average Bonchev–Trinajstić information content (AvgIpc) is 3.08. The van der Waals surface area contributed by atoms with Crippen LogP contribution in [0.5, 0.6) is 11.5 Å². The molecule has 0 saturated heterocycles. The topological polar surface area (TPSA) is 100 Å². The summed E-state index contributed by atoms with van der Waals surface area (Å²) in [5.41, 5.74) is 1.84. The minimum atomic E-state index is -0.538. The third-order valence-corrected chi connectivity index (χ3v) is 3.92. The van der Waals surface area contributed by atoms with E-state index in [2.05, 4.69) is 20.8 Å². The van der Waals surface area contributed by atoms with Crippen molar-refractivity contribution in [1.82, 2.24) is 20.2 Å². The van der Waals surface area contributed by atoms with Crippen LogP contribution in [0.3, 0.4) is 0 Å². The SMILES string of the molecule is CCOc1cc(C2C(C(=O)OC)=C(C)Nc3nnnn32)ccc1OC. The van der Waals surface area contributed by atoms with E-state index >= 15 is 0 Å². The molecule has 0 amide bonds. The summed E-state index contributed by atoms with van der Waals surface area (Å²) in [5.74, 6) is 1.18. The number of rotatable bonds is 5. The second kappa shape index (κ2) is 6.80. The predicted octanol–water partition coefficient (Wildman–Crippen LogP) is 1.54. The smallest absolute Gasteiger partial charge is 0.338 e. The molecule has 1 unspecified atom stereocenters. The summed E-state index contributed by atoms with van der Waals surface area (Å²) < 4.78 is 17.5. The Morgan fingerprint density at radius 3 is 2.80 bits per heavy atom. The van der Waals surface area contributed by atoms with Crippen molar-refractivity contribution in [3.05, 3.63) is 35.0 Å². The van der Waals surface area contributed by atoms with Gasteiger partial charge in [-0.15, -0.1) is 0 Å². The number of hydrogen-bond acceptors (Lipinski definition) is 8. The number of aromatic nitrogens is 4. The third-order valence-electron chi connectivity index (χ3n) is 3.92. The fraction of sp³-hybridized carbons (Fsp3) is 0.375. The number of carbonyl (C=O) groups excluding carboxylic acids is 1. The van der Waals surface area contributed by atoms with Crippen LogP contribution in [0, 0.1) is 0 Å². The minimum Gasteiger partial charge on any atom is -0.493 e. The Labute approximate surface area is 144 Å². The van der Waals surface area contributed by atoms with Crippen molar-refractivity contribution in [2.75, 3.05) is 26.1 Å². The number of anilines is 1. The molecule has 0 saturated carbocycles. The predicted molar refractivity (Wildman–Crippen MR) is 88.5 cm³/mol. The van der Waals surface area contributed by atoms with Crippen molar-refractivity contribution in [2.45, 2.75) is 19.9 Å². The molecule has 1 N–H and O–H groups in total. The fourth-order valence-corrected chi connectivity index (χ4v) is 2.83. The quantitative estimate of drug-likeness (QED) is 0.815. The molecule has 1 aliphatic heterocycles. The second-order valence-corrected chi connectivity index (χ2v) is 5.35. The summed E-state index contributed by atoms with van der Waals surface area (Å²) in [6.07, 6.45) is 0. The highest BCUT2D eigenvalue weighted by Crippen LogP contribution is 2.38. The van der Waals surface area contributed by atoms with E-state index in [1.54, 1.807) is 20.1 Å². The van der Waals surface area contributed by atoms with Crippen molar-refractivity contribution in [3.8, 4) is 11.5 Å². The van der Waals surface area contributed by atoms with Gasteiger partial charge in [0.25, 0.3) is 0 Å². The van der Waals surface area contributed by atoms with Gasteiger partial charge in [0.1, 0.15) is 6.04 Å². The molecule has 1 aliphatic rings. The van der Waals surface area contributed by atoms with Gasteiger partial charge in [-0.25, -0.2) is 4.79 Å². The molecule has 9 nitrogen and oxygen atoms in total. The third kappa shape index (κ3) is 2.88. The van der Waals surface area contributed by atoms with E-state index < -0.39 is 12.0 Å². The van der Waals surface area contributed by atoms with Crippen molar-refractivity contribution in [1.29, 1.82) is 0 Å². The first-order chi connectivity index (χ1) is 12.1. The molecular formula is C16H19N5O4. The lowest BCUT2D eigenvalue weighted by molar-refractivity contribution is -0.136. The molecule has 0 aliphatic carbocycles. The summed E-state index contributed by atoms with van der Waals surface area (Å²) in [5, 5.41) is 14.7. The van der Waals surface area contributed by atoms with E-state index in [-0.39, 0.29) is 0 Å². The Morgan fingerprint density at radius 1 is 1.32 bits per heavy atom. The molecule has 3 rings (SSSR count). The monoisotopic (exact) mass is 345 g/mol. The zero-order valence-corrected chi connectivity index (χ0v) is 14.4. The maximum absolute atomic E-state index is 12.4. The molecule has 132 valence electrons.